The van der Waals surface area contributed by atoms with Gasteiger partial charge in [-0.2, -0.15) is 0 Å². The number of guanidine groups is 1. The molecule has 0 unspecified atom stereocenters. The van der Waals surface area contributed by atoms with Gasteiger partial charge in [0.15, 0.2) is 5.96 Å². The van der Waals surface area contributed by atoms with Crippen molar-refractivity contribution in [2.45, 2.75) is 52.6 Å². The van der Waals surface area contributed by atoms with E-state index in [9.17, 15) is 4.79 Å². The van der Waals surface area contributed by atoms with E-state index in [-0.39, 0.29) is 6.03 Å². The Kier molecular flexibility index (Phi) is 7.70. The molecule has 0 spiro atoms. The van der Waals surface area contributed by atoms with Crippen LogP contribution in [0.4, 0.5) is 10.5 Å². The van der Waals surface area contributed by atoms with Crippen molar-refractivity contribution in [3.05, 3.63) is 46.8 Å². The van der Waals surface area contributed by atoms with Crippen molar-refractivity contribution < 1.29 is 9.32 Å². The molecule has 1 aliphatic rings. The van der Waals surface area contributed by atoms with Gasteiger partial charge in [0.05, 0.1) is 5.69 Å². The maximum atomic E-state index is 12.3. The number of hydrogen-bond acceptors (Lipinski definition) is 4. The predicted molar refractivity (Wildman–Crippen MR) is 119 cm³/mol. The Morgan fingerprint density at radius 1 is 1.17 bits per heavy atom. The van der Waals surface area contributed by atoms with Crippen LogP contribution in [-0.4, -0.2) is 42.2 Å². The normalized spacial score (nSPS) is 14.1. The SMILES string of the molecule is CCc1noc(CC)c1CNC(=NC)NCc1cccc(NC(=O)N2CCCC2)c1. The Morgan fingerprint density at radius 2 is 1.93 bits per heavy atom. The van der Waals surface area contributed by atoms with E-state index in [1.54, 1.807) is 7.05 Å². The molecule has 2 amide bonds. The van der Waals surface area contributed by atoms with Crippen LogP contribution in [0.5, 0.6) is 0 Å². The molecule has 8 nitrogen and oxygen atoms in total. The van der Waals surface area contributed by atoms with Crippen LogP contribution in [0.3, 0.4) is 0 Å². The second kappa shape index (κ2) is 10.7. The van der Waals surface area contributed by atoms with Crippen molar-refractivity contribution >= 4 is 17.7 Å². The maximum absolute atomic E-state index is 12.3. The fourth-order valence-corrected chi connectivity index (χ4v) is 3.60. The van der Waals surface area contributed by atoms with Crippen LogP contribution in [0.2, 0.25) is 0 Å². The van der Waals surface area contributed by atoms with Crippen molar-refractivity contribution in [3.63, 3.8) is 0 Å². The molecule has 3 N–H and O–H groups in total. The molecule has 2 heterocycles. The molecule has 1 aromatic carbocycles. The quantitative estimate of drug-likeness (QED) is 0.479. The molecule has 3 rings (SSSR count). The Morgan fingerprint density at radius 3 is 2.63 bits per heavy atom. The van der Waals surface area contributed by atoms with Crippen LogP contribution in [0.25, 0.3) is 0 Å². The number of nitrogens with one attached hydrogen (secondary N) is 3. The summed E-state index contributed by atoms with van der Waals surface area (Å²) in [4.78, 5) is 18.5. The van der Waals surface area contributed by atoms with Crippen molar-refractivity contribution in [2.75, 3.05) is 25.5 Å². The van der Waals surface area contributed by atoms with E-state index in [0.717, 1.165) is 67.0 Å². The lowest BCUT2D eigenvalue weighted by Crippen LogP contribution is -2.36. The Bertz CT molecular complexity index is 849. The summed E-state index contributed by atoms with van der Waals surface area (Å²) < 4.78 is 5.42. The summed E-state index contributed by atoms with van der Waals surface area (Å²) in [6, 6.07) is 7.84. The van der Waals surface area contributed by atoms with Gasteiger partial charge in [-0.25, -0.2) is 4.79 Å². The summed E-state index contributed by atoms with van der Waals surface area (Å²) >= 11 is 0. The first-order valence-corrected chi connectivity index (χ1v) is 10.7. The molecule has 0 bridgehead atoms. The number of aromatic nitrogens is 1. The lowest BCUT2D eigenvalue weighted by molar-refractivity contribution is 0.222. The Balaban J connectivity index is 1.53. The lowest BCUT2D eigenvalue weighted by atomic mass is 10.1. The first-order chi connectivity index (χ1) is 14.6. The third-order valence-corrected chi connectivity index (χ3v) is 5.29. The summed E-state index contributed by atoms with van der Waals surface area (Å²) in [6.07, 6.45) is 3.81. The number of hydrogen-bond donors (Lipinski definition) is 3. The molecule has 0 radical (unpaired) electrons. The van der Waals surface area contributed by atoms with E-state index in [2.05, 4.69) is 39.9 Å². The number of carbonyl (C=O) groups excluding carboxylic acids is 1. The molecule has 1 saturated heterocycles. The minimum Gasteiger partial charge on any atom is -0.361 e. The molecule has 8 heteroatoms. The number of benzene rings is 1. The molecular weight excluding hydrogens is 380 g/mol. The highest BCUT2D eigenvalue weighted by Crippen LogP contribution is 2.16. The molecule has 0 aliphatic carbocycles. The Labute approximate surface area is 178 Å². The molecule has 0 saturated carbocycles. The molecule has 1 fully saturated rings. The number of anilines is 1. The summed E-state index contributed by atoms with van der Waals surface area (Å²) in [7, 11) is 1.75. The van der Waals surface area contributed by atoms with Crippen LogP contribution < -0.4 is 16.0 Å². The fraction of sp³-hybridized carbons (Fsp3) is 0.500. The summed E-state index contributed by atoms with van der Waals surface area (Å²) in [6.45, 7) is 7.01. The molecule has 1 aliphatic heterocycles. The van der Waals surface area contributed by atoms with Gasteiger partial charge in [0.25, 0.3) is 0 Å². The largest absolute Gasteiger partial charge is 0.361 e. The van der Waals surface area contributed by atoms with E-state index in [4.69, 9.17) is 4.52 Å². The van der Waals surface area contributed by atoms with Gasteiger partial charge in [0, 0.05) is 50.9 Å². The number of nitrogens with zero attached hydrogens (tertiary/aromatic N) is 3. The lowest BCUT2D eigenvalue weighted by Gasteiger charge is -2.17. The van der Waals surface area contributed by atoms with E-state index in [1.807, 2.05) is 29.2 Å². The van der Waals surface area contributed by atoms with E-state index in [0.29, 0.717) is 19.0 Å². The van der Waals surface area contributed by atoms with Crippen LogP contribution in [0.1, 0.15) is 49.3 Å². The van der Waals surface area contributed by atoms with Crippen molar-refractivity contribution in [1.29, 1.82) is 0 Å². The third-order valence-electron chi connectivity index (χ3n) is 5.29. The fourth-order valence-electron chi connectivity index (χ4n) is 3.60. The summed E-state index contributed by atoms with van der Waals surface area (Å²) in [5.74, 6) is 1.61. The first-order valence-electron chi connectivity index (χ1n) is 10.7. The average molecular weight is 413 g/mol. The zero-order valence-corrected chi connectivity index (χ0v) is 18.1. The first kappa shape index (κ1) is 21.7. The van der Waals surface area contributed by atoms with Gasteiger partial charge in [0.1, 0.15) is 5.76 Å². The summed E-state index contributed by atoms with van der Waals surface area (Å²) in [5, 5.41) is 13.8. The highest BCUT2D eigenvalue weighted by atomic mass is 16.5. The van der Waals surface area contributed by atoms with E-state index in [1.165, 1.54) is 0 Å². The van der Waals surface area contributed by atoms with Crippen LogP contribution in [0.15, 0.2) is 33.8 Å². The molecule has 0 atom stereocenters. The molecule has 30 heavy (non-hydrogen) atoms. The molecular formula is C22H32N6O2. The van der Waals surface area contributed by atoms with Gasteiger partial charge in [-0.15, -0.1) is 0 Å². The minimum atomic E-state index is -0.0257. The predicted octanol–water partition coefficient (Wildman–Crippen LogP) is 3.29. The molecule has 2 aromatic rings. The van der Waals surface area contributed by atoms with Crippen LogP contribution in [0, 0.1) is 0 Å². The third kappa shape index (κ3) is 5.52. The van der Waals surface area contributed by atoms with Gasteiger partial charge in [-0.05, 0) is 37.0 Å². The number of aryl methyl sites for hydroxylation is 2. The molecule has 162 valence electrons. The number of likely N-dealkylation sites (tertiary alicyclic amines) is 1. The number of amides is 2. The summed E-state index contributed by atoms with van der Waals surface area (Å²) in [5.41, 5.74) is 3.95. The number of rotatable bonds is 7. The van der Waals surface area contributed by atoms with Crippen molar-refractivity contribution in [1.82, 2.24) is 20.7 Å². The van der Waals surface area contributed by atoms with Crippen molar-refractivity contribution in [2.24, 2.45) is 4.99 Å². The Hall–Kier alpha value is -3.03. The highest BCUT2D eigenvalue weighted by Gasteiger charge is 2.18. The van der Waals surface area contributed by atoms with Gasteiger partial charge in [-0.3, -0.25) is 4.99 Å². The zero-order chi connectivity index (χ0) is 21.3. The van der Waals surface area contributed by atoms with Gasteiger partial charge < -0.3 is 25.4 Å². The van der Waals surface area contributed by atoms with E-state index >= 15 is 0 Å². The average Bonchev–Trinajstić information content (AvgIpc) is 3.44. The maximum Gasteiger partial charge on any atom is 0.321 e. The zero-order valence-electron chi connectivity index (χ0n) is 18.1. The number of carbonyl (C=O) groups is 1. The second-order valence-electron chi connectivity index (χ2n) is 7.34. The van der Waals surface area contributed by atoms with Crippen molar-refractivity contribution in [3.8, 4) is 0 Å². The van der Waals surface area contributed by atoms with Gasteiger partial charge >= 0.3 is 6.03 Å². The smallest absolute Gasteiger partial charge is 0.321 e. The standard InChI is InChI=1S/C22H32N6O2/c1-4-19-18(20(5-2)30-27-19)15-25-21(23-3)24-14-16-9-8-10-17(13-16)26-22(29)28-11-6-7-12-28/h8-10,13H,4-7,11-12,14-15H2,1-3H3,(H,26,29)(H2,23,24,25). The molecule has 1 aromatic heterocycles. The highest BCUT2D eigenvalue weighted by molar-refractivity contribution is 5.89. The van der Waals surface area contributed by atoms with Crippen LogP contribution in [-0.2, 0) is 25.9 Å². The van der Waals surface area contributed by atoms with Gasteiger partial charge in [-0.1, -0.05) is 31.1 Å². The van der Waals surface area contributed by atoms with Crippen LogP contribution >= 0.6 is 0 Å². The topological polar surface area (TPSA) is 94.8 Å². The minimum absolute atomic E-state index is 0.0257. The van der Waals surface area contributed by atoms with E-state index < -0.39 is 0 Å². The number of urea groups is 1. The van der Waals surface area contributed by atoms with Gasteiger partial charge in [0.2, 0.25) is 0 Å². The number of aliphatic imine (C=N–C) groups is 1. The second-order valence-corrected chi connectivity index (χ2v) is 7.34. The monoisotopic (exact) mass is 412 g/mol.